The van der Waals surface area contributed by atoms with Crippen LogP contribution in [-0.4, -0.2) is 15.0 Å². The maximum absolute atomic E-state index is 4.97. The van der Waals surface area contributed by atoms with E-state index >= 15 is 0 Å². The Morgan fingerprint density at radius 3 is 1.56 bits per heavy atom. The fourth-order valence-electron chi connectivity index (χ4n) is 5.86. The SMILES string of the molecule is c1ccc(-c2cc(-c3ccc(-c4ccc(-c5cccc6c5[nH]c5ccccc56)cc4)cc3)nc(-c3ccccc3)n2)cc1. The second-order valence-corrected chi connectivity index (χ2v) is 10.7. The minimum Gasteiger partial charge on any atom is -0.354 e. The molecule has 0 saturated carbocycles. The highest BCUT2D eigenvalue weighted by Gasteiger charge is 2.12. The van der Waals surface area contributed by atoms with Gasteiger partial charge in [-0.05, 0) is 28.8 Å². The van der Waals surface area contributed by atoms with Gasteiger partial charge in [-0.25, -0.2) is 9.97 Å². The van der Waals surface area contributed by atoms with Crippen LogP contribution in [0.2, 0.25) is 0 Å². The van der Waals surface area contributed by atoms with Crippen molar-refractivity contribution < 1.29 is 0 Å². The normalized spacial score (nSPS) is 11.3. The van der Waals surface area contributed by atoms with Crippen LogP contribution >= 0.6 is 0 Å². The highest BCUT2D eigenvalue weighted by atomic mass is 14.9. The molecule has 0 bridgehead atoms. The van der Waals surface area contributed by atoms with Gasteiger partial charge in [0, 0.05) is 38.5 Å². The number of fused-ring (bicyclic) bond motifs is 3. The Balaban J connectivity index is 1.13. The summed E-state index contributed by atoms with van der Waals surface area (Å²) >= 11 is 0. The van der Waals surface area contributed by atoms with E-state index in [1.165, 1.54) is 38.5 Å². The number of H-pyrrole nitrogens is 1. The number of aromatic nitrogens is 3. The Kier molecular flexibility index (Phi) is 6.12. The number of rotatable bonds is 5. The predicted molar refractivity (Wildman–Crippen MR) is 179 cm³/mol. The Bertz CT molecular complexity index is 2140. The summed E-state index contributed by atoms with van der Waals surface area (Å²) in [7, 11) is 0. The predicted octanol–water partition coefficient (Wildman–Crippen LogP) is 10.4. The molecule has 6 aromatic carbocycles. The van der Waals surface area contributed by atoms with Gasteiger partial charge in [0.25, 0.3) is 0 Å². The van der Waals surface area contributed by atoms with Gasteiger partial charge in [-0.3, -0.25) is 0 Å². The molecule has 0 amide bonds. The van der Waals surface area contributed by atoms with Crippen LogP contribution in [0.5, 0.6) is 0 Å². The van der Waals surface area contributed by atoms with Gasteiger partial charge in [0.15, 0.2) is 5.82 Å². The van der Waals surface area contributed by atoms with E-state index in [0.717, 1.165) is 39.4 Å². The molecule has 0 fully saturated rings. The molecule has 0 spiro atoms. The van der Waals surface area contributed by atoms with E-state index in [2.05, 4.69) is 126 Å². The summed E-state index contributed by atoms with van der Waals surface area (Å²) < 4.78 is 0. The highest BCUT2D eigenvalue weighted by Crippen LogP contribution is 2.35. The molecule has 1 N–H and O–H groups in total. The number of hydrogen-bond acceptors (Lipinski definition) is 2. The molecular weight excluding hydrogens is 522 g/mol. The highest BCUT2D eigenvalue weighted by molar-refractivity contribution is 6.11. The molecule has 2 aromatic heterocycles. The summed E-state index contributed by atoms with van der Waals surface area (Å²) in [6.07, 6.45) is 0. The van der Waals surface area contributed by atoms with Crippen LogP contribution in [0.4, 0.5) is 0 Å². The fraction of sp³-hybridized carbons (Fsp3) is 0. The van der Waals surface area contributed by atoms with Gasteiger partial charge in [-0.1, -0.05) is 146 Å². The molecule has 3 heteroatoms. The monoisotopic (exact) mass is 549 g/mol. The lowest BCUT2D eigenvalue weighted by Crippen LogP contribution is -1.95. The molecule has 202 valence electrons. The average molecular weight is 550 g/mol. The van der Waals surface area contributed by atoms with Crippen LogP contribution < -0.4 is 0 Å². The molecule has 0 aliphatic carbocycles. The number of hydrogen-bond donors (Lipinski definition) is 1. The second kappa shape index (κ2) is 10.6. The van der Waals surface area contributed by atoms with Crippen molar-refractivity contribution in [1.29, 1.82) is 0 Å². The van der Waals surface area contributed by atoms with E-state index in [-0.39, 0.29) is 0 Å². The first kappa shape index (κ1) is 25.0. The van der Waals surface area contributed by atoms with Crippen molar-refractivity contribution in [2.75, 3.05) is 0 Å². The summed E-state index contributed by atoms with van der Waals surface area (Å²) in [6.45, 7) is 0. The van der Waals surface area contributed by atoms with E-state index < -0.39 is 0 Å². The molecule has 0 saturated heterocycles. The Morgan fingerprint density at radius 1 is 0.372 bits per heavy atom. The quantitative estimate of drug-likeness (QED) is 0.232. The molecule has 8 rings (SSSR count). The van der Waals surface area contributed by atoms with Crippen LogP contribution in [0.1, 0.15) is 0 Å². The van der Waals surface area contributed by atoms with Crippen molar-refractivity contribution in [2.24, 2.45) is 0 Å². The Morgan fingerprint density at radius 2 is 0.884 bits per heavy atom. The van der Waals surface area contributed by atoms with Gasteiger partial charge >= 0.3 is 0 Å². The molecule has 0 radical (unpaired) electrons. The number of nitrogens with one attached hydrogen (secondary N) is 1. The summed E-state index contributed by atoms with van der Waals surface area (Å²) in [4.78, 5) is 13.5. The molecular formula is C40H27N3. The lowest BCUT2D eigenvalue weighted by Gasteiger charge is -2.10. The Hall–Kier alpha value is -5.80. The summed E-state index contributed by atoms with van der Waals surface area (Å²) in [6, 6.07) is 55.0. The van der Waals surface area contributed by atoms with Crippen LogP contribution in [0.3, 0.4) is 0 Å². The lowest BCUT2D eigenvalue weighted by molar-refractivity contribution is 1.18. The molecule has 0 atom stereocenters. The van der Waals surface area contributed by atoms with E-state index in [4.69, 9.17) is 9.97 Å². The summed E-state index contributed by atoms with van der Waals surface area (Å²) in [5.74, 6) is 0.724. The van der Waals surface area contributed by atoms with E-state index in [9.17, 15) is 0 Å². The molecule has 2 heterocycles. The molecule has 0 aliphatic heterocycles. The minimum atomic E-state index is 0.724. The zero-order valence-corrected chi connectivity index (χ0v) is 23.4. The van der Waals surface area contributed by atoms with Crippen LogP contribution in [-0.2, 0) is 0 Å². The third-order valence-corrected chi connectivity index (χ3v) is 8.08. The zero-order valence-electron chi connectivity index (χ0n) is 23.4. The largest absolute Gasteiger partial charge is 0.354 e. The van der Waals surface area contributed by atoms with E-state index in [1.54, 1.807) is 0 Å². The van der Waals surface area contributed by atoms with Crippen molar-refractivity contribution in [2.45, 2.75) is 0 Å². The lowest BCUT2D eigenvalue weighted by atomic mass is 9.97. The van der Waals surface area contributed by atoms with E-state index in [1.807, 2.05) is 36.4 Å². The van der Waals surface area contributed by atoms with E-state index in [0.29, 0.717) is 0 Å². The van der Waals surface area contributed by atoms with Crippen molar-refractivity contribution in [3.63, 3.8) is 0 Å². The van der Waals surface area contributed by atoms with Crippen LogP contribution in [0.15, 0.2) is 158 Å². The topological polar surface area (TPSA) is 41.6 Å². The first-order valence-corrected chi connectivity index (χ1v) is 14.5. The summed E-state index contributed by atoms with van der Waals surface area (Å²) in [5, 5.41) is 2.51. The number of aromatic amines is 1. The van der Waals surface area contributed by atoms with Crippen molar-refractivity contribution in [3.05, 3.63) is 158 Å². The Labute approximate surface area is 250 Å². The maximum Gasteiger partial charge on any atom is 0.160 e. The van der Waals surface area contributed by atoms with Gasteiger partial charge in [0.1, 0.15) is 0 Å². The smallest absolute Gasteiger partial charge is 0.160 e. The van der Waals surface area contributed by atoms with Crippen LogP contribution in [0.25, 0.3) is 78.0 Å². The van der Waals surface area contributed by atoms with Crippen molar-refractivity contribution in [1.82, 2.24) is 15.0 Å². The first-order chi connectivity index (χ1) is 21.3. The number of benzene rings is 6. The second-order valence-electron chi connectivity index (χ2n) is 10.7. The van der Waals surface area contributed by atoms with Crippen molar-refractivity contribution >= 4 is 21.8 Å². The first-order valence-electron chi connectivity index (χ1n) is 14.5. The molecule has 43 heavy (non-hydrogen) atoms. The average Bonchev–Trinajstić information content (AvgIpc) is 3.48. The molecule has 0 unspecified atom stereocenters. The minimum absolute atomic E-state index is 0.724. The fourth-order valence-corrected chi connectivity index (χ4v) is 5.86. The van der Waals surface area contributed by atoms with Crippen molar-refractivity contribution in [3.8, 4) is 56.2 Å². The van der Waals surface area contributed by atoms with Gasteiger partial charge in [0.2, 0.25) is 0 Å². The number of para-hydroxylation sites is 2. The molecule has 3 nitrogen and oxygen atoms in total. The van der Waals surface area contributed by atoms with Gasteiger partial charge in [-0.15, -0.1) is 0 Å². The number of nitrogens with zero attached hydrogens (tertiary/aromatic N) is 2. The standard InChI is InChI=1S/C40H27N3/c1-3-10-30(11-4-1)37-26-38(43-40(42-37)32-12-5-2-6-13-32)31-24-20-28(21-25-31)27-18-22-29(23-19-27)33-15-9-16-35-34-14-7-8-17-36(34)41-39(33)35/h1-26,41H. The molecule has 8 aromatic rings. The van der Waals surface area contributed by atoms with Gasteiger partial charge in [-0.2, -0.15) is 0 Å². The maximum atomic E-state index is 4.97. The third-order valence-electron chi connectivity index (χ3n) is 8.08. The third kappa shape index (κ3) is 4.67. The zero-order chi connectivity index (χ0) is 28.6. The van der Waals surface area contributed by atoms with Gasteiger partial charge in [0.05, 0.1) is 16.9 Å². The summed E-state index contributed by atoms with van der Waals surface area (Å²) in [5.41, 5.74) is 12.0. The van der Waals surface area contributed by atoms with Crippen LogP contribution in [0, 0.1) is 0 Å². The molecule has 0 aliphatic rings. The van der Waals surface area contributed by atoms with Gasteiger partial charge < -0.3 is 4.98 Å².